The van der Waals surface area contributed by atoms with Gasteiger partial charge in [0.25, 0.3) is 0 Å². The molecular weight excluding hydrogens is 330 g/mol. The minimum Gasteiger partial charge on any atom is -0.380 e. The molecule has 96 valence electrons. The van der Waals surface area contributed by atoms with E-state index in [4.69, 9.17) is 11.6 Å². The minimum absolute atomic E-state index is 0.722. The van der Waals surface area contributed by atoms with Crippen molar-refractivity contribution in [2.24, 2.45) is 0 Å². The summed E-state index contributed by atoms with van der Waals surface area (Å²) in [5.74, 6) is 0.722. The summed E-state index contributed by atoms with van der Waals surface area (Å²) in [5, 5.41) is 5.55. The summed E-state index contributed by atoms with van der Waals surface area (Å²) < 4.78 is 1.18. The first kappa shape index (κ1) is 13.9. The highest BCUT2D eigenvalue weighted by Gasteiger charge is 2.01. The predicted molar refractivity (Wildman–Crippen MR) is 84.8 cm³/mol. The molecule has 0 aliphatic rings. The van der Waals surface area contributed by atoms with Crippen LogP contribution in [-0.2, 0) is 13.0 Å². The molecule has 2 aromatic rings. The quantitative estimate of drug-likeness (QED) is 0.702. The summed E-state index contributed by atoms with van der Waals surface area (Å²) in [6, 6.07) is 10.6. The van der Waals surface area contributed by atoms with Gasteiger partial charge in [-0.25, -0.2) is 0 Å². The average Bonchev–Trinajstić information content (AvgIpc) is 2.80. The van der Waals surface area contributed by atoms with Crippen molar-refractivity contribution < 1.29 is 0 Å². The number of hydrogen-bond acceptors (Lipinski definition) is 2. The number of thiophene rings is 1. The van der Waals surface area contributed by atoms with Crippen LogP contribution in [0.25, 0.3) is 0 Å². The fraction of sp³-hybridized carbons (Fsp3) is 0.286. The Morgan fingerprint density at radius 3 is 2.89 bits per heavy atom. The summed E-state index contributed by atoms with van der Waals surface area (Å²) in [4.78, 5) is 1.32. The number of rotatable bonds is 6. The van der Waals surface area contributed by atoms with Crippen molar-refractivity contribution in [1.82, 2.24) is 0 Å². The number of benzene rings is 1. The molecule has 18 heavy (non-hydrogen) atoms. The summed E-state index contributed by atoms with van der Waals surface area (Å²) in [6.07, 6.45) is 2.07. The second kappa shape index (κ2) is 7.17. The van der Waals surface area contributed by atoms with Gasteiger partial charge in [0.2, 0.25) is 0 Å². The molecule has 0 amide bonds. The molecule has 0 aliphatic heterocycles. The van der Waals surface area contributed by atoms with Crippen LogP contribution in [0.15, 0.2) is 40.2 Å². The molecule has 1 nitrogen and oxygen atoms in total. The van der Waals surface area contributed by atoms with E-state index in [1.807, 2.05) is 0 Å². The molecule has 0 saturated carbocycles. The lowest BCUT2D eigenvalue weighted by atomic mass is 10.1. The summed E-state index contributed by atoms with van der Waals surface area (Å²) in [7, 11) is 0. The summed E-state index contributed by atoms with van der Waals surface area (Å²) in [5.41, 5.74) is 2.51. The van der Waals surface area contributed by atoms with Crippen molar-refractivity contribution in [2.45, 2.75) is 19.4 Å². The zero-order chi connectivity index (χ0) is 12.8. The third-order valence-electron chi connectivity index (χ3n) is 2.67. The van der Waals surface area contributed by atoms with Crippen molar-refractivity contribution >= 4 is 44.6 Å². The van der Waals surface area contributed by atoms with Crippen molar-refractivity contribution in [3.8, 4) is 0 Å². The second-order valence-corrected chi connectivity index (χ2v) is 6.27. The average molecular weight is 345 g/mol. The van der Waals surface area contributed by atoms with Gasteiger partial charge in [0.1, 0.15) is 0 Å². The van der Waals surface area contributed by atoms with Crippen LogP contribution in [-0.4, -0.2) is 5.88 Å². The highest BCUT2D eigenvalue weighted by Crippen LogP contribution is 2.24. The molecule has 1 N–H and O–H groups in total. The molecule has 1 aromatic heterocycles. The van der Waals surface area contributed by atoms with Gasteiger partial charge in [-0.15, -0.1) is 22.9 Å². The van der Waals surface area contributed by atoms with Crippen molar-refractivity contribution in [3.05, 3.63) is 50.6 Å². The Labute approximate surface area is 125 Å². The molecule has 0 spiro atoms. The van der Waals surface area contributed by atoms with E-state index in [9.17, 15) is 0 Å². The Morgan fingerprint density at radius 2 is 2.17 bits per heavy atom. The van der Waals surface area contributed by atoms with E-state index in [2.05, 4.69) is 57.0 Å². The first-order valence-corrected chi connectivity index (χ1v) is 8.11. The van der Waals surface area contributed by atoms with Crippen LogP contribution >= 0.6 is 38.9 Å². The van der Waals surface area contributed by atoms with Gasteiger partial charge < -0.3 is 5.32 Å². The number of nitrogens with one attached hydrogen (secondary N) is 1. The van der Waals surface area contributed by atoms with Gasteiger partial charge in [-0.1, -0.05) is 12.1 Å². The number of aryl methyl sites for hydroxylation is 1. The third-order valence-corrected chi connectivity index (χ3v) is 4.86. The van der Waals surface area contributed by atoms with Gasteiger partial charge in [0, 0.05) is 20.9 Å². The Morgan fingerprint density at radius 1 is 1.28 bits per heavy atom. The fourth-order valence-corrected chi connectivity index (χ4v) is 3.31. The zero-order valence-electron chi connectivity index (χ0n) is 9.96. The molecule has 0 aliphatic carbocycles. The monoisotopic (exact) mass is 343 g/mol. The van der Waals surface area contributed by atoms with Crippen LogP contribution < -0.4 is 5.32 Å². The van der Waals surface area contributed by atoms with Gasteiger partial charge in [-0.05, 0) is 57.9 Å². The molecule has 0 fully saturated rings. The van der Waals surface area contributed by atoms with Crippen molar-refractivity contribution in [1.29, 1.82) is 0 Å². The Hall–Kier alpha value is -0.510. The molecule has 0 atom stereocenters. The maximum Gasteiger partial charge on any atom is 0.0505 e. The smallest absolute Gasteiger partial charge is 0.0505 e. The van der Waals surface area contributed by atoms with Gasteiger partial charge in [0.05, 0.1) is 6.54 Å². The van der Waals surface area contributed by atoms with Gasteiger partial charge in [-0.3, -0.25) is 0 Å². The molecule has 4 heteroatoms. The van der Waals surface area contributed by atoms with Crippen LogP contribution in [0.3, 0.4) is 0 Å². The molecule has 1 heterocycles. The molecule has 0 bridgehead atoms. The van der Waals surface area contributed by atoms with E-state index < -0.39 is 0 Å². The van der Waals surface area contributed by atoms with E-state index in [-0.39, 0.29) is 0 Å². The summed E-state index contributed by atoms with van der Waals surface area (Å²) >= 11 is 11.0. The highest BCUT2D eigenvalue weighted by molar-refractivity contribution is 9.10. The first-order chi connectivity index (χ1) is 8.79. The van der Waals surface area contributed by atoms with E-state index in [1.54, 1.807) is 11.3 Å². The van der Waals surface area contributed by atoms with Gasteiger partial charge >= 0.3 is 0 Å². The normalized spacial score (nSPS) is 10.6. The van der Waals surface area contributed by atoms with Crippen LogP contribution in [0.2, 0.25) is 0 Å². The maximum atomic E-state index is 5.72. The summed E-state index contributed by atoms with van der Waals surface area (Å²) in [6.45, 7) is 0.858. The van der Waals surface area contributed by atoms with Crippen LogP contribution in [0.4, 0.5) is 5.69 Å². The third kappa shape index (κ3) is 4.01. The number of hydrogen-bond donors (Lipinski definition) is 1. The number of halogens is 2. The standard InChI is InChI=1S/C14H15BrClNS/c15-13-6-8-18-14(13)10-17-12-5-1-3-11(9-12)4-2-7-16/h1,3,5-6,8-9,17H,2,4,7,10H2. The molecular formula is C14H15BrClNS. The van der Waals surface area contributed by atoms with E-state index in [1.165, 1.54) is 20.6 Å². The van der Waals surface area contributed by atoms with Gasteiger partial charge in [-0.2, -0.15) is 0 Å². The maximum absolute atomic E-state index is 5.72. The molecule has 2 rings (SSSR count). The Balaban J connectivity index is 1.95. The SMILES string of the molecule is ClCCCc1cccc(NCc2sccc2Br)c1. The lowest BCUT2D eigenvalue weighted by Gasteiger charge is -2.07. The molecule has 0 radical (unpaired) electrons. The number of alkyl halides is 1. The predicted octanol–water partition coefficient (Wildman–Crippen LogP) is 5.29. The lowest BCUT2D eigenvalue weighted by Crippen LogP contribution is -1.98. The van der Waals surface area contributed by atoms with Crippen LogP contribution in [0.1, 0.15) is 16.9 Å². The fourth-order valence-electron chi connectivity index (χ4n) is 1.74. The number of anilines is 1. The van der Waals surface area contributed by atoms with E-state index in [0.29, 0.717) is 0 Å². The first-order valence-electron chi connectivity index (χ1n) is 5.90. The largest absolute Gasteiger partial charge is 0.380 e. The molecule has 1 aromatic carbocycles. The molecule has 0 unspecified atom stereocenters. The van der Waals surface area contributed by atoms with Crippen LogP contribution in [0.5, 0.6) is 0 Å². The van der Waals surface area contributed by atoms with Crippen molar-refractivity contribution in [3.63, 3.8) is 0 Å². The Kier molecular flexibility index (Phi) is 5.54. The van der Waals surface area contributed by atoms with E-state index in [0.717, 1.165) is 25.3 Å². The van der Waals surface area contributed by atoms with Gasteiger partial charge in [0.15, 0.2) is 0 Å². The second-order valence-electron chi connectivity index (χ2n) is 4.04. The lowest BCUT2D eigenvalue weighted by molar-refractivity contribution is 0.928. The van der Waals surface area contributed by atoms with E-state index >= 15 is 0 Å². The topological polar surface area (TPSA) is 12.0 Å². The minimum atomic E-state index is 0.722. The van der Waals surface area contributed by atoms with Crippen molar-refractivity contribution in [2.75, 3.05) is 11.2 Å². The Bertz CT molecular complexity index is 498. The molecule has 0 saturated heterocycles. The zero-order valence-corrected chi connectivity index (χ0v) is 13.1. The highest BCUT2D eigenvalue weighted by atomic mass is 79.9. The van der Waals surface area contributed by atoms with Crippen LogP contribution in [0, 0.1) is 0 Å².